The standard InChI is InChI=1S/C15H31N3O/c1-5-18(13-6-7-13)9-8-17-14(19)10-12(16)11-15(2,3)4/h12-13H,5-11,16H2,1-4H3,(H,17,19). The van der Waals surface area contributed by atoms with Crippen molar-refractivity contribution in [2.24, 2.45) is 11.1 Å². The fourth-order valence-electron chi connectivity index (χ4n) is 2.55. The van der Waals surface area contributed by atoms with E-state index >= 15 is 0 Å². The van der Waals surface area contributed by atoms with Gasteiger partial charge in [0.1, 0.15) is 0 Å². The van der Waals surface area contributed by atoms with Crippen LogP contribution in [0.15, 0.2) is 0 Å². The molecule has 0 aliphatic heterocycles. The van der Waals surface area contributed by atoms with Gasteiger partial charge in [0.2, 0.25) is 5.91 Å². The highest BCUT2D eigenvalue weighted by Gasteiger charge is 2.27. The lowest BCUT2D eigenvalue weighted by atomic mass is 9.87. The van der Waals surface area contributed by atoms with Gasteiger partial charge in [0.25, 0.3) is 0 Å². The molecule has 1 aliphatic rings. The second kappa shape index (κ2) is 7.25. The van der Waals surface area contributed by atoms with Crippen molar-refractivity contribution in [3.05, 3.63) is 0 Å². The molecule has 1 aliphatic carbocycles. The van der Waals surface area contributed by atoms with Crippen molar-refractivity contribution in [3.8, 4) is 0 Å². The molecule has 4 nitrogen and oxygen atoms in total. The zero-order valence-corrected chi connectivity index (χ0v) is 13.0. The summed E-state index contributed by atoms with van der Waals surface area (Å²) < 4.78 is 0. The lowest BCUT2D eigenvalue weighted by molar-refractivity contribution is -0.121. The highest BCUT2D eigenvalue weighted by molar-refractivity contribution is 5.76. The molecule has 0 aromatic carbocycles. The predicted octanol–water partition coefficient (Wildman–Crippen LogP) is 1.74. The summed E-state index contributed by atoms with van der Waals surface area (Å²) in [4.78, 5) is 14.2. The number of carbonyl (C=O) groups excluding carboxylic acids is 1. The summed E-state index contributed by atoms with van der Waals surface area (Å²) in [7, 11) is 0. The molecule has 0 spiro atoms. The molecular formula is C15H31N3O. The molecule has 1 atom stereocenters. The van der Waals surface area contributed by atoms with Gasteiger partial charge in [-0.1, -0.05) is 27.7 Å². The number of hydrogen-bond donors (Lipinski definition) is 2. The Labute approximate surface area is 118 Å². The Morgan fingerprint density at radius 1 is 1.42 bits per heavy atom. The van der Waals surface area contributed by atoms with Gasteiger partial charge in [-0.05, 0) is 31.2 Å². The second-order valence-electron chi connectivity index (χ2n) is 6.94. The zero-order valence-electron chi connectivity index (χ0n) is 13.0. The minimum Gasteiger partial charge on any atom is -0.355 e. The predicted molar refractivity (Wildman–Crippen MR) is 79.9 cm³/mol. The first-order valence-electron chi connectivity index (χ1n) is 7.58. The molecule has 3 N–H and O–H groups in total. The van der Waals surface area contributed by atoms with Crippen molar-refractivity contribution in [1.82, 2.24) is 10.2 Å². The van der Waals surface area contributed by atoms with Crippen molar-refractivity contribution in [1.29, 1.82) is 0 Å². The highest BCUT2D eigenvalue weighted by Crippen LogP contribution is 2.25. The third-order valence-electron chi connectivity index (χ3n) is 3.51. The number of hydrogen-bond acceptors (Lipinski definition) is 3. The molecule has 0 radical (unpaired) electrons. The van der Waals surface area contributed by atoms with Crippen molar-refractivity contribution in [2.75, 3.05) is 19.6 Å². The van der Waals surface area contributed by atoms with Crippen LogP contribution in [0.2, 0.25) is 0 Å². The van der Waals surface area contributed by atoms with E-state index in [2.05, 4.69) is 37.9 Å². The maximum atomic E-state index is 11.8. The van der Waals surface area contributed by atoms with Gasteiger partial charge in [0, 0.05) is 31.6 Å². The van der Waals surface area contributed by atoms with Gasteiger partial charge < -0.3 is 11.1 Å². The number of carbonyl (C=O) groups is 1. The van der Waals surface area contributed by atoms with E-state index in [1.54, 1.807) is 0 Å². The minimum atomic E-state index is -0.0364. The topological polar surface area (TPSA) is 58.4 Å². The molecule has 1 saturated carbocycles. The fourth-order valence-corrected chi connectivity index (χ4v) is 2.55. The largest absolute Gasteiger partial charge is 0.355 e. The van der Waals surface area contributed by atoms with Crippen LogP contribution < -0.4 is 11.1 Å². The summed E-state index contributed by atoms with van der Waals surface area (Å²) in [5.74, 6) is 0.0867. The number of rotatable bonds is 8. The number of likely N-dealkylation sites (N-methyl/N-ethyl adjacent to an activating group) is 1. The van der Waals surface area contributed by atoms with Crippen LogP contribution in [0, 0.1) is 5.41 Å². The lowest BCUT2D eigenvalue weighted by Gasteiger charge is -2.23. The van der Waals surface area contributed by atoms with Crippen molar-refractivity contribution in [3.63, 3.8) is 0 Å². The second-order valence-corrected chi connectivity index (χ2v) is 6.94. The van der Waals surface area contributed by atoms with E-state index in [0.29, 0.717) is 6.42 Å². The van der Waals surface area contributed by atoms with E-state index < -0.39 is 0 Å². The van der Waals surface area contributed by atoms with Crippen LogP contribution in [-0.2, 0) is 4.79 Å². The van der Waals surface area contributed by atoms with Crippen molar-refractivity contribution < 1.29 is 4.79 Å². The van der Waals surface area contributed by atoms with E-state index in [9.17, 15) is 4.79 Å². The van der Waals surface area contributed by atoms with Crippen LogP contribution in [0.4, 0.5) is 0 Å². The van der Waals surface area contributed by atoms with Crippen LogP contribution in [-0.4, -0.2) is 42.5 Å². The summed E-state index contributed by atoms with van der Waals surface area (Å²) >= 11 is 0. The molecule has 1 unspecified atom stereocenters. The van der Waals surface area contributed by atoms with Gasteiger partial charge in [-0.3, -0.25) is 9.69 Å². The zero-order chi connectivity index (χ0) is 14.5. The average molecular weight is 269 g/mol. The molecule has 0 heterocycles. The smallest absolute Gasteiger partial charge is 0.221 e. The quantitative estimate of drug-likeness (QED) is 0.705. The summed E-state index contributed by atoms with van der Waals surface area (Å²) in [5.41, 5.74) is 6.19. The molecule has 0 saturated heterocycles. The molecular weight excluding hydrogens is 238 g/mol. The van der Waals surface area contributed by atoms with E-state index in [-0.39, 0.29) is 17.4 Å². The van der Waals surface area contributed by atoms with Crippen LogP contribution in [0.1, 0.15) is 53.4 Å². The third kappa shape index (κ3) is 7.53. The maximum absolute atomic E-state index is 11.8. The number of nitrogens with one attached hydrogen (secondary N) is 1. The first kappa shape index (κ1) is 16.4. The van der Waals surface area contributed by atoms with Crippen molar-refractivity contribution >= 4 is 5.91 Å². The van der Waals surface area contributed by atoms with E-state index in [0.717, 1.165) is 32.1 Å². The van der Waals surface area contributed by atoms with Crippen LogP contribution in [0.3, 0.4) is 0 Å². The number of nitrogens with zero attached hydrogens (tertiary/aromatic N) is 1. The number of nitrogens with two attached hydrogens (primary N) is 1. The van der Waals surface area contributed by atoms with Gasteiger partial charge in [-0.15, -0.1) is 0 Å². The SMILES string of the molecule is CCN(CCNC(=O)CC(N)CC(C)(C)C)C1CC1. The minimum absolute atomic E-state index is 0.0364. The molecule has 1 rings (SSSR count). The monoisotopic (exact) mass is 269 g/mol. The average Bonchev–Trinajstić information content (AvgIpc) is 3.05. The Balaban J connectivity index is 2.13. The van der Waals surface area contributed by atoms with Gasteiger partial charge in [0.15, 0.2) is 0 Å². The highest BCUT2D eigenvalue weighted by atomic mass is 16.1. The van der Waals surface area contributed by atoms with Gasteiger partial charge in [-0.2, -0.15) is 0 Å². The first-order chi connectivity index (χ1) is 8.81. The molecule has 0 aromatic rings. The summed E-state index contributed by atoms with van der Waals surface area (Å²) in [6, 6.07) is 0.732. The van der Waals surface area contributed by atoms with Crippen LogP contribution in [0.5, 0.6) is 0 Å². The molecule has 19 heavy (non-hydrogen) atoms. The van der Waals surface area contributed by atoms with E-state index in [1.165, 1.54) is 12.8 Å². The van der Waals surface area contributed by atoms with Crippen molar-refractivity contribution in [2.45, 2.75) is 65.5 Å². The molecule has 0 bridgehead atoms. The molecule has 4 heteroatoms. The molecule has 0 aromatic heterocycles. The summed E-state index contributed by atoms with van der Waals surface area (Å²) in [6.07, 6.45) is 3.95. The fraction of sp³-hybridized carbons (Fsp3) is 0.933. The van der Waals surface area contributed by atoms with Gasteiger partial charge >= 0.3 is 0 Å². The van der Waals surface area contributed by atoms with Crippen LogP contribution >= 0.6 is 0 Å². The Hall–Kier alpha value is -0.610. The van der Waals surface area contributed by atoms with Crippen LogP contribution in [0.25, 0.3) is 0 Å². The number of amides is 1. The normalized spacial score (nSPS) is 17.6. The van der Waals surface area contributed by atoms with Gasteiger partial charge in [-0.25, -0.2) is 0 Å². The van der Waals surface area contributed by atoms with Gasteiger partial charge in [0.05, 0.1) is 0 Å². The molecule has 1 amide bonds. The Bertz CT molecular complexity index is 282. The third-order valence-corrected chi connectivity index (χ3v) is 3.51. The summed E-state index contributed by atoms with van der Waals surface area (Å²) in [6.45, 7) is 11.4. The summed E-state index contributed by atoms with van der Waals surface area (Å²) in [5, 5.41) is 2.99. The molecule has 112 valence electrons. The molecule has 1 fully saturated rings. The Morgan fingerprint density at radius 3 is 2.53 bits per heavy atom. The van der Waals surface area contributed by atoms with E-state index in [1.807, 2.05) is 0 Å². The Morgan fingerprint density at radius 2 is 2.05 bits per heavy atom. The maximum Gasteiger partial charge on any atom is 0.221 e. The van der Waals surface area contributed by atoms with E-state index in [4.69, 9.17) is 5.73 Å². The first-order valence-corrected chi connectivity index (χ1v) is 7.58. The lowest BCUT2D eigenvalue weighted by Crippen LogP contribution is -2.38. The Kier molecular flexibility index (Phi) is 6.27.